The maximum absolute atomic E-state index is 4.80. The molecule has 0 saturated heterocycles. The number of aromatic nitrogens is 1. The van der Waals surface area contributed by atoms with Crippen molar-refractivity contribution in [3.05, 3.63) is 10.6 Å². The van der Waals surface area contributed by atoms with Crippen LogP contribution in [0, 0.1) is 12.8 Å². The van der Waals surface area contributed by atoms with E-state index >= 15 is 0 Å². The molecule has 1 saturated carbocycles. The monoisotopic (exact) mass is 295 g/mol. The number of nitrogens with one attached hydrogen (secondary N) is 1. The van der Waals surface area contributed by atoms with Crippen molar-refractivity contribution in [2.75, 3.05) is 19.0 Å². The van der Waals surface area contributed by atoms with E-state index in [-0.39, 0.29) is 0 Å². The van der Waals surface area contributed by atoms with Gasteiger partial charge < -0.3 is 10.2 Å². The number of aryl methyl sites for hydroxylation is 1. The summed E-state index contributed by atoms with van der Waals surface area (Å²) in [7, 11) is 4.24. The van der Waals surface area contributed by atoms with Crippen LogP contribution in [0.2, 0.25) is 0 Å². The summed E-state index contributed by atoms with van der Waals surface area (Å²) in [6.45, 7) is 6.66. The fraction of sp³-hybridized carbons (Fsp3) is 0.812. The second kappa shape index (κ2) is 6.90. The third-order valence-electron chi connectivity index (χ3n) is 4.89. The highest BCUT2D eigenvalue weighted by Gasteiger charge is 2.25. The van der Waals surface area contributed by atoms with Crippen molar-refractivity contribution in [2.24, 2.45) is 5.92 Å². The highest BCUT2D eigenvalue weighted by molar-refractivity contribution is 7.15. The van der Waals surface area contributed by atoms with Crippen LogP contribution in [0.3, 0.4) is 0 Å². The van der Waals surface area contributed by atoms with Gasteiger partial charge in [-0.2, -0.15) is 0 Å². The maximum atomic E-state index is 4.80. The summed E-state index contributed by atoms with van der Waals surface area (Å²) in [5.41, 5.74) is 1.18. The average molecular weight is 295 g/mol. The van der Waals surface area contributed by atoms with Gasteiger partial charge in [-0.1, -0.05) is 13.3 Å². The first-order valence-electron chi connectivity index (χ1n) is 7.94. The van der Waals surface area contributed by atoms with Crippen LogP contribution in [0.1, 0.15) is 62.6 Å². The molecule has 0 aliphatic heterocycles. The highest BCUT2D eigenvalue weighted by Crippen LogP contribution is 2.35. The molecule has 1 aromatic rings. The fourth-order valence-corrected chi connectivity index (χ4v) is 4.33. The zero-order valence-electron chi connectivity index (χ0n) is 13.6. The molecule has 1 aromatic heterocycles. The van der Waals surface area contributed by atoms with E-state index in [0.717, 1.165) is 5.92 Å². The van der Waals surface area contributed by atoms with Crippen LogP contribution in [0.15, 0.2) is 0 Å². The number of nitrogens with zero attached hydrogens (tertiary/aromatic N) is 2. The lowest BCUT2D eigenvalue weighted by atomic mass is 9.84. The van der Waals surface area contributed by atoms with Gasteiger partial charge in [-0.3, -0.25) is 0 Å². The molecule has 0 radical (unpaired) electrons. The molecule has 2 rings (SSSR count). The lowest BCUT2D eigenvalue weighted by Crippen LogP contribution is -2.35. The van der Waals surface area contributed by atoms with Crippen molar-refractivity contribution in [1.29, 1.82) is 0 Å². The van der Waals surface area contributed by atoms with E-state index in [4.69, 9.17) is 4.98 Å². The molecule has 1 atom stereocenters. The lowest BCUT2D eigenvalue weighted by Gasteiger charge is -2.34. The second-order valence-electron chi connectivity index (χ2n) is 6.15. The number of hydrogen-bond acceptors (Lipinski definition) is 4. The average Bonchev–Trinajstić information content (AvgIpc) is 2.87. The highest BCUT2D eigenvalue weighted by atomic mass is 32.1. The molecule has 1 aliphatic carbocycles. The van der Waals surface area contributed by atoms with Crippen LogP contribution < -0.4 is 10.2 Å². The lowest BCUT2D eigenvalue weighted by molar-refractivity contribution is 0.313. The minimum absolute atomic E-state index is 0.394. The summed E-state index contributed by atoms with van der Waals surface area (Å²) >= 11 is 1.85. The first-order valence-corrected chi connectivity index (χ1v) is 8.75. The van der Waals surface area contributed by atoms with E-state index in [1.165, 1.54) is 47.8 Å². The standard InChI is InChI=1S/C16H29N3S/c1-6-13-7-9-14(10-8-13)19(5)16-18-12(3)15(20-16)11(2)17-4/h11,13-14,17H,6-10H2,1-5H3. The van der Waals surface area contributed by atoms with Crippen molar-refractivity contribution in [1.82, 2.24) is 10.3 Å². The zero-order valence-corrected chi connectivity index (χ0v) is 14.4. The summed E-state index contributed by atoms with van der Waals surface area (Å²) in [4.78, 5) is 8.60. The Hall–Kier alpha value is -0.610. The van der Waals surface area contributed by atoms with Crippen LogP contribution >= 0.6 is 11.3 Å². The van der Waals surface area contributed by atoms with Gasteiger partial charge in [0, 0.05) is 24.0 Å². The van der Waals surface area contributed by atoms with Crippen LogP contribution in [0.4, 0.5) is 5.13 Å². The second-order valence-corrected chi connectivity index (χ2v) is 7.16. The van der Waals surface area contributed by atoms with Crippen LogP contribution in [0.5, 0.6) is 0 Å². The predicted octanol–water partition coefficient (Wildman–Crippen LogP) is 4.14. The molecule has 1 unspecified atom stereocenters. The summed E-state index contributed by atoms with van der Waals surface area (Å²) in [5, 5.41) is 4.51. The normalized spacial score (nSPS) is 24.6. The minimum Gasteiger partial charge on any atom is -0.348 e. The Labute approximate surface area is 127 Å². The number of thiazole rings is 1. The fourth-order valence-electron chi connectivity index (χ4n) is 3.17. The zero-order chi connectivity index (χ0) is 14.7. The third-order valence-corrected chi connectivity index (χ3v) is 6.32. The summed E-state index contributed by atoms with van der Waals surface area (Å²) in [6.07, 6.45) is 6.76. The van der Waals surface area contributed by atoms with E-state index in [9.17, 15) is 0 Å². The SMILES string of the molecule is CCC1CCC(N(C)c2nc(C)c(C(C)NC)s2)CC1. The Morgan fingerprint density at radius 3 is 2.55 bits per heavy atom. The molecule has 1 aliphatic rings. The van der Waals surface area contributed by atoms with Gasteiger partial charge in [0.15, 0.2) is 5.13 Å². The molecule has 1 fully saturated rings. The Bertz CT molecular complexity index is 421. The van der Waals surface area contributed by atoms with Crippen molar-refractivity contribution in [2.45, 2.75) is 65.0 Å². The summed E-state index contributed by atoms with van der Waals surface area (Å²) in [6, 6.07) is 1.08. The molecular weight excluding hydrogens is 266 g/mol. The number of rotatable bonds is 5. The Morgan fingerprint density at radius 1 is 1.35 bits per heavy atom. The smallest absolute Gasteiger partial charge is 0.185 e. The predicted molar refractivity (Wildman–Crippen MR) is 88.8 cm³/mol. The van der Waals surface area contributed by atoms with Gasteiger partial charge in [-0.15, -0.1) is 11.3 Å². The van der Waals surface area contributed by atoms with Crippen molar-refractivity contribution >= 4 is 16.5 Å². The molecule has 4 heteroatoms. The maximum Gasteiger partial charge on any atom is 0.185 e. The third kappa shape index (κ3) is 3.34. The van der Waals surface area contributed by atoms with Gasteiger partial charge in [0.05, 0.1) is 5.69 Å². The topological polar surface area (TPSA) is 28.2 Å². The van der Waals surface area contributed by atoms with Crippen molar-refractivity contribution in [3.8, 4) is 0 Å². The van der Waals surface area contributed by atoms with E-state index in [1.54, 1.807) is 0 Å². The van der Waals surface area contributed by atoms with Gasteiger partial charge in [-0.05, 0) is 52.5 Å². The van der Waals surface area contributed by atoms with Crippen LogP contribution in [0.25, 0.3) is 0 Å². The van der Waals surface area contributed by atoms with Crippen molar-refractivity contribution in [3.63, 3.8) is 0 Å². The molecular formula is C16H29N3S. The number of hydrogen-bond donors (Lipinski definition) is 1. The molecule has 1 heterocycles. The molecule has 0 aromatic carbocycles. The first kappa shape index (κ1) is 15.8. The molecule has 0 amide bonds. The molecule has 1 N–H and O–H groups in total. The van der Waals surface area contributed by atoms with Gasteiger partial charge in [0.25, 0.3) is 0 Å². The molecule has 114 valence electrons. The van der Waals surface area contributed by atoms with Crippen LogP contribution in [-0.4, -0.2) is 25.1 Å². The largest absolute Gasteiger partial charge is 0.348 e. The summed E-state index contributed by atoms with van der Waals surface area (Å²) < 4.78 is 0. The summed E-state index contributed by atoms with van der Waals surface area (Å²) in [5.74, 6) is 0.956. The quantitative estimate of drug-likeness (QED) is 0.885. The Balaban J connectivity index is 2.04. The molecule has 0 spiro atoms. The van der Waals surface area contributed by atoms with E-state index in [0.29, 0.717) is 12.1 Å². The molecule has 20 heavy (non-hydrogen) atoms. The number of anilines is 1. The van der Waals surface area contributed by atoms with Gasteiger partial charge >= 0.3 is 0 Å². The van der Waals surface area contributed by atoms with Crippen molar-refractivity contribution < 1.29 is 0 Å². The van der Waals surface area contributed by atoms with Gasteiger partial charge in [0.2, 0.25) is 0 Å². The van der Waals surface area contributed by atoms with Crippen LogP contribution in [-0.2, 0) is 0 Å². The van der Waals surface area contributed by atoms with Gasteiger partial charge in [-0.25, -0.2) is 4.98 Å². The van der Waals surface area contributed by atoms with Gasteiger partial charge in [0.1, 0.15) is 0 Å². The van der Waals surface area contributed by atoms with E-state index in [2.05, 4.69) is 38.0 Å². The molecule has 0 bridgehead atoms. The van der Waals surface area contributed by atoms with E-state index < -0.39 is 0 Å². The Morgan fingerprint density at radius 2 is 2.00 bits per heavy atom. The first-order chi connectivity index (χ1) is 9.56. The van der Waals surface area contributed by atoms with E-state index in [1.807, 2.05) is 18.4 Å². The molecule has 3 nitrogen and oxygen atoms in total. The minimum atomic E-state index is 0.394. The Kier molecular flexibility index (Phi) is 5.44.